The smallest absolute Gasteiger partial charge is 0.372 e. The molecule has 0 amide bonds. The molecule has 0 bridgehead atoms. The molecule has 27 heavy (non-hydrogen) atoms. The lowest BCUT2D eigenvalue weighted by Gasteiger charge is -2.12. The van der Waals surface area contributed by atoms with Gasteiger partial charge in [-0.2, -0.15) is 13.2 Å². The minimum absolute atomic E-state index is 0.343. The summed E-state index contributed by atoms with van der Waals surface area (Å²) in [4.78, 5) is 8.37. The second-order valence-electron chi connectivity index (χ2n) is 5.90. The molecule has 0 aliphatic heterocycles. The van der Waals surface area contributed by atoms with Gasteiger partial charge in [0.2, 0.25) is 5.88 Å². The molecule has 0 aliphatic carbocycles. The summed E-state index contributed by atoms with van der Waals surface area (Å²) in [5.74, 6) is -0.461. The van der Waals surface area contributed by atoms with E-state index in [0.29, 0.717) is 17.0 Å². The van der Waals surface area contributed by atoms with Gasteiger partial charge in [-0.3, -0.25) is 0 Å². The lowest BCUT2D eigenvalue weighted by atomic mass is 10.0. The van der Waals surface area contributed by atoms with Crippen molar-refractivity contribution in [1.82, 2.24) is 9.97 Å². The van der Waals surface area contributed by atoms with Crippen molar-refractivity contribution in [1.29, 1.82) is 0 Å². The number of nitrogens with zero attached hydrogens (tertiary/aromatic N) is 2. The average molecular weight is 392 g/mol. The van der Waals surface area contributed by atoms with Crippen molar-refractivity contribution >= 4 is 11.1 Å². The number of hydrogen-bond acceptors (Lipinski definition) is 4. The van der Waals surface area contributed by atoms with E-state index >= 15 is 0 Å². The highest BCUT2D eigenvalue weighted by Crippen LogP contribution is 2.31. The SMILES string of the molecule is Cc1ccc(-c2ncc(OS(=O)C(F)(F)F)nc2-c2ccc(C)cc2)cc1. The van der Waals surface area contributed by atoms with E-state index in [1.54, 1.807) is 12.1 Å². The molecule has 0 spiro atoms. The summed E-state index contributed by atoms with van der Waals surface area (Å²) >= 11 is -3.51. The summed E-state index contributed by atoms with van der Waals surface area (Å²) in [6.07, 6.45) is 1.04. The molecule has 0 radical (unpaired) electrons. The third-order valence-electron chi connectivity index (χ3n) is 3.75. The van der Waals surface area contributed by atoms with Crippen LogP contribution in [0, 0.1) is 13.8 Å². The lowest BCUT2D eigenvalue weighted by Crippen LogP contribution is -2.21. The van der Waals surface area contributed by atoms with Gasteiger partial charge in [0.15, 0.2) is 0 Å². The summed E-state index contributed by atoms with van der Waals surface area (Å²) in [5.41, 5.74) is -0.668. The minimum Gasteiger partial charge on any atom is -0.372 e. The quantitative estimate of drug-likeness (QED) is 0.628. The Morgan fingerprint density at radius 2 is 1.33 bits per heavy atom. The van der Waals surface area contributed by atoms with Gasteiger partial charge < -0.3 is 4.18 Å². The number of rotatable bonds is 4. The maximum Gasteiger partial charge on any atom is 0.508 e. The highest BCUT2D eigenvalue weighted by atomic mass is 32.2. The largest absolute Gasteiger partial charge is 0.508 e. The Morgan fingerprint density at radius 1 is 0.852 bits per heavy atom. The molecule has 2 aromatic carbocycles. The topological polar surface area (TPSA) is 52.1 Å². The van der Waals surface area contributed by atoms with Crippen molar-refractivity contribution in [3.63, 3.8) is 0 Å². The van der Waals surface area contributed by atoms with Gasteiger partial charge in [0, 0.05) is 11.1 Å². The van der Waals surface area contributed by atoms with Crippen molar-refractivity contribution in [3.05, 3.63) is 65.9 Å². The van der Waals surface area contributed by atoms with E-state index < -0.39 is 22.5 Å². The van der Waals surface area contributed by atoms with Crippen LogP contribution in [-0.2, 0) is 11.1 Å². The molecule has 4 nitrogen and oxygen atoms in total. The standard InChI is InChI=1S/C19H15F3N2O2S/c1-12-3-7-14(8-4-12)17-18(15-9-5-13(2)6-10-15)24-16(11-23-17)26-27(25)19(20,21)22/h3-11H,1-2H3. The monoisotopic (exact) mass is 392 g/mol. The summed E-state index contributed by atoms with van der Waals surface area (Å²) in [6.45, 7) is 3.86. The number of hydrogen-bond donors (Lipinski definition) is 0. The van der Waals surface area contributed by atoms with Crippen molar-refractivity contribution < 1.29 is 21.6 Å². The summed E-state index contributed by atoms with van der Waals surface area (Å²) in [6, 6.07) is 14.8. The summed E-state index contributed by atoms with van der Waals surface area (Å²) in [5, 5.41) is 0. The molecule has 8 heteroatoms. The first kappa shape index (κ1) is 19.0. The maximum absolute atomic E-state index is 12.5. The summed E-state index contributed by atoms with van der Waals surface area (Å²) < 4.78 is 53.2. The molecule has 3 rings (SSSR count). The molecule has 0 saturated carbocycles. The van der Waals surface area contributed by atoms with Crippen molar-refractivity contribution in [2.45, 2.75) is 19.4 Å². The van der Waals surface area contributed by atoms with Crippen LogP contribution in [0.25, 0.3) is 22.5 Å². The Labute approximate surface area is 156 Å². The zero-order valence-corrected chi connectivity index (χ0v) is 15.3. The van der Waals surface area contributed by atoms with Crippen LogP contribution in [-0.4, -0.2) is 19.7 Å². The number of alkyl halides is 3. The lowest BCUT2D eigenvalue weighted by molar-refractivity contribution is -0.0438. The van der Waals surface area contributed by atoms with Crippen LogP contribution in [0.15, 0.2) is 54.7 Å². The third kappa shape index (κ3) is 4.51. The fourth-order valence-corrected chi connectivity index (χ4v) is 2.70. The predicted octanol–water partition coefficient (Wildman–Crippen LogP) is 4.99. The maximum atomic E-state index is 12.5. The molecular weight excluding hydrogens is 377 g/mol. The fraction of sp³-hybridized carbons (Fsp3) is 0.158. The van der Waals surface area contributed by atoms with E-state index in [2.05, 4.69) is 14.2 Å². The molecule has 0 aliphatic rings. The van der Waals surface area contributed by atoms with Crippen molar-refractivity contribution in [2.75, 3.05) is 0 Å². The average Bonchev–Trinajstić information content (AvgIpc) is 2.62. The molecule has 1 heterocycles. The van der Waals surface area contributed by atoms with Crippen LogP contribution in [0.2, 0.25) is 0 Å². The first-order valence-corrected chi connectivity index (χ1v) is 8.99. The Hall–Kier alpha value is -2.74. The number of benzene rings is 2. The van der Waals surface area contributed by atoms with E-state index in [1.807, 2.05) is 50.2 Å². The zero-order chi connectivity index (χ0) is 19.6. The molecule has 1 aromatic heterocycles. The molecule has 1 unspecified atom stereocenters. The molecule has 3 aromatic rings. The number of aromatic nitrogens is 2. The Kier molecular flexibility index (Phi) is 5.27. The Balaban J connectivity index is 2.09. The van der Waals surface area contributed by atoms with Gasteiger partial charge in [0.25, 0.3) is 0 Å². The molecule has 140 valence electrons. The van der Waals surface area contributed by atoms with Crippen molar-refractivity contribution in [3.8, 4) is 28.4 Å². The normalized spacial score (nSPS) is 12.6. The second kappa shape index (κ2) is 7.48. The predicted molar refractivity (Wildman–Crippen MR) is 97.2 cm³/mol. The Bertz CT molecular complexity index is 972. The van der Waals surface area contributed by atoms with Crippen molar-refractivity contribution in [2.24, 2.45) is 0 Å². The number of aryl methyl sites for hydroxylation is 2. The van der Waals surface area contributed by atoms with Gasteiger partial charge in [-0.05, 0) is 13.8 Å². The third-order valence-corrected chi connectivity index (χ3v) is 4.45. The van der Waals surface area contributed by atoms with Gasteiger partial charge in [-0.25, -0.2) is 14.2 Å². The minimum atomic E-state index is -5.00. The van der Waals surface area contributed by atoms with E-state index in [-0.39, 0.29) is 0 Å². The highest BCUT2D eigenvalue weighted by molar-refractivity contribution is 7.81. The molecular formula is C19H15F3N2O2S. The van der Waals surface area contributed by atoms with Gasteiger partial charge in [-0.15, -0.1) is 0 Å². The van der Waals surface area contributed by atoms with E-state index in [4.69, 9.17) is 0 Å². The van der Waals surface area contributed by atoms with Crippen LogP contribution in [0.3, 0.4) is 0 Å². The van der Waals surface area contributed by atoms with Gasteiger partial charge in [0.05, 0.1) is 11.9 Å². The fourth-order valence-electron chi connectivity index (χ4n) is 2.37. The van der Waals surface area contributed by atoms with Gasteiger partial charge in [-0.1, -0.05) is 59.7 Å². The molecule has 1 atom stereocenters. The van der Waals surface area contributed by atoms with Crippen LogP contribution in [0.1, 0.15) is 11.1 Å². The first-order valence-electron chi connectivity index (χ1n) is 7.92. The molecule has 0 N–H and O–H groups in total. The second-order valence-corrected chi connectivity index (χ2v) is 7.00. The first-order chi connectivity index (χ1) is 12.7. The van der Waals surface area contributed by atoms with Crippen LogP contribution >= 0.6 is 0 Å². The van der Waals surface area contributed by atoms with Crippen LogP contribution < -0.4 is 4.18 Å². The molecule has 0 saturated heterocycles. The van der Waals surface area contributed by atoms with E-state index in [0.717, 1.165) is 22.9 Å². The van der Waals surface area contributed by atoms with Gasteiger partial charge >= 0.3 is 16.6 Å². The van der Waals surface area contributed by atoms with E-state index in [9.17, 15) is 17.4 Å². The van der Waals surface area contributed by atoms with Crippen LogP contribution in [0.5, 0.6) is 5.88 Å². The van der Waals surface area contributed by atoms with Crippen LogP contribution in [0.4, 0.5) is 13.2 Å². The molecule has 0 fully saturated rings. The zero-order valence-electron chi connectivity index (χ0n) is 14.4. The van der Waals surface area contributed by atoms with Gasteiger partial charge in [0.1, 0.15) is 5.69 Å². The summed E-state index contributed by atoms with van der Waals surface area (Å²) in [7, 11) is 0. The number of halogens is 3. The Morgan fingerprint density at radius 3 is 1.81 bits per heavy atom. The highest BCUT2D eigenvalue weighted by Gasteiger charge is 2.40. The van der Waals surface area contributed by atoms with E-state index in [1.165, 1.54) is 0 Å².